The molecule has 0 unspecified atom stereocenters. The third kappa shape index (κ3) is 3.86. The summed E-state index contributed by atoms with van der Waals surface area (Å²) in [6.07, 6.45) is 4.49. The Balaban J connectivity index is 1.50. The van der Waals surface area contributed by atoms with Gasteiger partial charge in [0.1, 0.15) is 11.6 Å². The van der Waals surface area contributed by atoms with E-state index in [1.807, 2.05) is 25.1 Å². The Hall–Kier alpha value is -3.35. The van der Waals surface area contributed by atoms with Crippen LogP contribution in [0, 0.1) is 17.2 Å². The zero-order valence-corrected chi connectivity index (χ0v) is 18.8. The van der Waals surface area contributed by atoms with Crippen LogP contribution in [0.2, 0.25) is 0 Å². The number of aromatic nitrogens is 2. The van der Waals surface area contributed by atoms with Gasteiger partial charge in [-0.1, -0.05) is 6.07 Å². The third-order valence-electron chi connectivity index (χ3n) is 7.22. The van der Waals surface area contributed by atoms with Gasteiger partial charge in [-0.3, -0.25) is 4.79 Å². The highest BCUT2D eigenvalue weighted by Gasteiger charge is 2.44. The third-order valence-corrected chi connectivity index (χ3v) is 7.22. The van der Waals surface area contributed by atoms with Crippen LogP contribution < -0.4 is 11.5 Å². The topological polar surface area (TPSA) is 96.2 Å². The van der Waals surface area contributed by atoms with Gasteiger partial charge in [-0.2, -0.15) is 0 Å². The SMILES string of the molecule is CCOC(=O)C1CCC2(CC1)Cc1nc(-c3ccc(F)cc3)c(-c3ccc(N)c(N)c3)n1C2. The number of rotatable bonds is 4. The first-order chi connectivity index (χ1) is 15.9. The predicted molar refractivity (Wildman–Crippen MR) is 127 cm³/mol. The van der Waals surface area contributed by atoms with Crippen LogP contribution in [0.3, 0.4) is 0 Å². The average molecular weight is 449 g/mol. The number of nitrogens with two attached hydrogens (primary N) is 2. The maximum atomic E-state index is 13.6. The van der Waals surface area contributed by atoms with Gasteiger partial charge in [-0.25, -0.2) is 9.37 Å². The normalized spacial score (nSPS) is 21.8. The van der Waals surface area contributed by atoms with Crippen molar-refractivity contribution in [3.63, 3.8) is 0 Å². The molecule has 2 aromatic carbocycles. The van der Waals surface area contributed by atoms with E-state index >= 15 is 0 Å². The number of nitrogen functional groups attached to an aromatic ring is 2. The first-order valence-corrected chi connectivity index (χ1v) is 11.6. The number of carbonyl (C=O) groups excluding carboxylic acids is 1. The molecule has 1 fully saturated rings. The number of ether oxygens (including phenoxy) is 1. The largest absolute Gasteiger partial charge is 0.466 e. The van der Waals surface area contributed by atoms with Gasteiger partial charge in [0.15, 0.2) is 0 Å². The van der Waals surface area contributed by atoms with E-state index in [1.54, 1.807) is 12.1 Å². The van der Waals surface area contributed by atoms with Gasteiger partial charge >= 0.3 is 5.97 Å². The van der Waals surface area contributed by atoms with Crippen LogP contribution in [0.5, 0.6) is 0 Å². The van der Waals surface area contributed by atoms with Crippen molar-refractivity contribution in [2.24, 2.45) is 11.3 Å². The second kappa shape index (κ2) is 8.21. The molecule has 5 rings (SSSR count). The van der Waals surface area contributed by atoms with Crippen LogP contribution in [0.15, 0.2) is 42.5 Å². The highest BCUT2D eigenvalue weighted by Crippen LogP contribution is 2.49. The van der Waals surface area contributed by atoms with E-state index in [2.05, 4.69) is 4.57 Å². The van der Waals surface area contributed by atoms with Crippen LogP contribution in [0.4, 0.5) is 15.8 Å². The van der Waals surface area contributed by atoms with Crippen LogP contribution in [0.25, 0.3) is 22.5 Å². The van der Waals surface area contributed by atoms with E-state index in [9.17, 15) is 9.18 Å². The maximum absolute atomic E-state index is 13.6. The fraction of sp³-hybridized carbons (Fsp3) is 0.385. The summed E-state index contributed by atoms with van der Waals surface area (Å²) in [5.74, 6) is 0.671. The van der Waals surface area contributed by atoms with Crippen molar-refractivity contribution in [2.45, 2.75) is 45.6 Å². The fourth-order valence-electron chi connectivity index (χ4n) is 5.42. The van der Waals surface area contributed by atoms with Crippen molar-refractivity contribution in [3.05, 3.63) is 54.1 Å². The summed E-state index contributed by atoms with van der Waals surface area (Å²) in [6, 6.07) is 12.1. The molecule has 7 heteroatoms. The van der Waals surface area contributed by atoms with Gasteiger partial charge < -0.3 is 20.8 Å². The molecule has 2 aliphatic rings. The van der Waals surface area contributed by atoms with Gasteiger partial charge in [0.05, 0.1) is 35.3 Å². The van der Waals surface area contributed by atoms with Crippen molar-refractivity contribution in [3.8, 4) is 22.5 Å². The number of anilines is 2. The van der Waals surface area contributed by atoms with Crippen LogP contribution in [-0.4, -0.2) is 22.1 Å². The van der Waals surface area contributed by atoms with Crippen molar-refractivity contribution >= 4 is 17.3 Å². The summed E-state index contributed by atoms with van der Waals surface area (Å²) < 4.78 is 21.1. The van der Waals surface area contributed by atoms with Gasteiger partial charge in [-0.05, 0) is 74.4 Å². The Labute approximate surface area is 192 Å². The minimum atomic E-state index is -0.277. The molecule has 1 aliphatic carbocycles. The summed E-state index contributed by atoms with van der Waals surface area (Å²) in [6.45, 7) is 3.12. The highest BCUT2D eigenvalue weighted by atomic mass is 19.1. The molecule has 1 aliphatic heterocycles. The Bertz CT molecular complexity index is 1190. The van der Waals surface area contributed by atoms with E-state index in [-0.39, 0.29) is 23.1 Å². The standard InChI is InChI=1S/C26H29FN4O2/c1-2-33-25(32)17-9-11-26(12-10-17)14-22-30-23(16-3-6-19(27)7-4-16)24(31(22)15-26)18-5-8-20(28)21(29)13-18/h3-8,13,17H,2,9-12,14-15,28-29H2,1H3. The summed E-state index contributed by atoms with van der Waals surface area (Å²) in [5, 5.41) is 0. The van der Waals surface area contributed by atoms with Gasteiger partial charge in [0.25, 0.3) is 0 Å². The lowest BCUT2D eigenvalue weighted by molar-refractivity contribution is -0.150. The molecule has 33 heavy (non-hydrogen) atoms. The Morgan fingerprint density at radius 3 is 2.48 bits per heavy atom. The molecule has 6 nitrogen and oxygen atoms in total. The van der Waals surface area contributed by atoms with Crippen molar-refractivity contribution in [1.29, 1.82) is 0 Å². The number of esters is 1. The Kier molecular flexibility index (Phi) is 5.35. The molecule has 1 spiro atoms. The monoisotopic (exact) mass is 448 g/mol. The summed E-state index contributed by atoms with van der Waals surface area (Å²) >= 11 is 0. The Morgan fingerprint density at radius 2 is 1.82 bits per heavy atom. The summed E-state index contributed by atoms with van der Waals surface area (Å²) in [5.41, 5.74) is 16.9. The number of hydrogen-bond acceptors (Lipinski definition) is 5. The lowest BCUT2D eigenvalue weighted by Crippen LogP contribution is -2.32. The molecule has 0 atom stereocenters. The summed E-state index contributed by atoms with van der Waals surface area (Å²) in [4.78, 5) is 17.2. The smallest absolute Gasteiger partial charge is 0.308 e. The second-order valence-electron chi connectivity index (χ2n) is 9.37. The summed E-state index contributed by atoms with van der Waals surface area (Å²) in [7, 11) is 0. The molecular weight excluding hydrogens is 419 g/mol. The van der Waals surface area contributed by atoms with E-state index in [0.717, 1.165) is 67.0 Å². The van der Waals surface area contributed by atoms with Crippen molar-refractivity contribution in [2.75, 3.05) is 18.1 Å². The lowest BCUT2D eigenvalue weighted by atomic mass is 9.69. The van der Waals surface area contributed by atoms with Crippen LogP contribution in [0.1, 0.15) is 38.4 Å². The minimum absolute atomic E-state index is 0.00496. The van der Waals surface area contributed by atoms with Crippen LogP contribution >= 0.6 is 0 Å². The molecule has 0 saturated heterocycles. The van der Waals surface area contributed by atoms with E-state index in [4.69, 9.17) is 21.2 Å². The number of carbonyl (C=O) groups is 1. The first kappa shape index (κ1) is 21.5. The zero-order valence-electron chi connectivity index (χ0n) is 18.8. The predicted octanol–water partition coefficient (Wildman–Crippen LogP) is 4.82. The molecule has 172 valence electrons. The van der Waals surface area contributed by atoms with Crippen molar-refractivity contribution in [1.82, 2.24) is 9.55 Å². The molecule has 2 heterocycles. The second-order valence-corrected chi connectivity index (χ2v) is 9.37. The van der Waals surface area contributed by atoms with Gasteiger partial charge in [0, 0.05) is 24.1 Å². The lowest BCUT2D eigenvalue weighted by Gasteiger charge is -2.36. The minimum Gasteiger partial charge on any atom is -0.466 e. The molecule has 4 N–H and O–H groups in total. The molecule has 0 amide bonds. The number of imidazole rings is 1. The molecular formula is C26H29FN4O2. The molecule has 3 aromatic rings. The molecule has 1 aromatic heterocycles. The number of halogens is 1. The average Bonchev–Trinajstić information content (AvgIpc) is 3.31. The number of nitrogens with zero attached hydrogens (tertiary/aromatic N) is 2. The molecule has 0 bridgehead atoms. The van der Waals surface area contributed by atoms with E-state index in [0.29, 0.717) is 18.0 Å². The number of fused-ring (bicyclic) bond motifs is 1. The number of hydrogen-bond donors (Lipinski definition) is 2. The highest BCUT2D eigenvalue weighted by molar-refractivity contribution is 5.83. The molecule has 0 radical (unpaired) electrons. The van der Waals surface area contributed by atoms with Gasteiger partial charge in [-0.15, -0.1) is 0 Å². The van der Waals surface area contributed by atoms with Gasteiger partial charge in [0.2, 0.25) is 0 Å². The van der Waals surface area contributed by atoms with Crippen LogP contribution in [-0.2, 0) is 22.5 Å². The zero-order chi connectivity index (χ0) is 23.2. The molecule has 1 saturated carbocycles. The quantitative estimate of drug-likeness (QED) is 0.441. The Morgan fingerprint density at radius 1 is 1.12 bits per heavy atom. The fourth-order valence-corrected chi connectivity index (χ4v) is 5.42. The number of benzene rings is 2. The van der Waals surface area contributed by atoms with E-state index in [1.165, 1.54) is 12.1 Å². The van der Waals surface area contributed by atoms with Crippen molar-refractivity contribution < 1.29 is 13.9 Å². The maximum Gasteiger partial charge on any atom is 0.308 e. The first-order valence-electron chi connectivity index (χ1n) is 11.6. The van der Waals surface area contributed by atoms with E-state index < -0.39 is 0 Å².